The van der Waals surface area contributed by atoms with Crippen molar-refractivity contribution < 1.29 is 19.1 Å². The van der Waals surface area contributed by atoms with Gasteiger partial charge in [0.25, 0.3) is 17.5 Å². The van der Waals surface area contributed by atoms with Crippen molar-refractivity contribution in [2.24, 2.45) is 0 Å². The normalized spacial score (nSPS) is 10.5. The molecule has 2 aromatic heterocycles. The van der Waals surface area contributed by atoms with Gasteiger partial charge in [0.2, 0.25) is 5.91 Å². The molecule has 0 fully saturated rings. The van der Waals surface area contributed by atoms with Gasteiger partial charge in [-0.15, -0.1) is 5.10 Å². The summed E-state index contributed by atoms with van der Waals surface area (Å²) in [6.45, 7) is 2.92. The first-order chi connectivity index (χ1) is 11.3. The number of carbonyl (C=O) groups is 3. The van der Waals surface area contributed by atoms with E-state index in [1.165, 1.54) is 9.42 Å². The molecule has 0 unspecified atom stereocenters. The first-order valence-electron chi connectivity index (χ1n) is 7.13. The molecule has 0 saturated carbocycles. The number of aryl methyl sites for hydroxylation is 2. The van der Waals surface area contributed by atoms with Crippen molar-refractivity contribution in [1.82, 2.24) is 29.8 Å². The molecule has 0 radical (unpaired) electrons. The van der Waals surface area contributed by atoms with Gasteiger partial charge in [-0.3, -0.25) is 9.59 Å². The minimum atomic E-state index is -0.841. The molecule has 10 heteroatoms. The number of rotatable bonds is 5. The van der Waals surface area contributed by atoms with Gasteiger partial charge in [0.05, 0.1) is 6.54 Å². The molecule has 2 heterocycles. The molecule has 0 aliphatic carbocycles. The van der Waals surface area contributed by atoms with Gasteiger partial charge < -0.3 is 15.0 Å². The van der Waals surface area contributed by atoms with Crippen molar-refractivity contribution in [1.29, 1.82) is 0 Å². The highest BCUT2D eigenvalue weighted by Crippen LogP contribution is 2.06. The summed E-state index contributed by atoms with van der Waals surface area (Å²) in [4.78, 5) is 44.3. The molecule has 2 rings (SSSR count). The lowest BCUT2D eigenvalue weighted by atomic mass is 10.4. The predicted molar refractivity (Wildman–Crippen MR) is 82.2 cm³/mol. The van der Waals surface area contributed by atoms with Crippen molar-refractivity contribution >= 4 is 23.6 Å². The Morgan fingerprint density at radius 3 is 2.62 bits per heavy atom. The van der Waals surface area contributed by atoms with Gasteiger partial charge in [-0.1, -0.05) is 0 Å². The van der Waals surface area contributed by atoms with E-state index in [4.69, 9.17) is 4.74 Å². The van der Waals surface area contributed by atoms with Crippen LogP contribution in [0.3, 0.4) is 0 Å². The molecule has 128 valence electrons. The highest BCUT2D eigenvalue weighted by atomic mass is 16.5. The van der Waals surface area contributed by atoms with E-state index >= 15 is 0 Å². The maximum Gasteiger partial charge on any atom is 0.378 e. The Morgan fingerprint density at radius 1 is 1.25 bits per heavy atom. The molecule has 0 atom stereocenters. The van der Waals surface area contributed by atoms with E-state index in [2.05, 4.69) is 20.4 Å². The Bertz CT molecular complexity index is 798. The van der Waals surface area contributed by atoms with Gasteiger partial charge in [-0.05, 0) is 19.9 Å². The molecule has 2 aromatic rings. The minimum Gasteiger partial charge on any atom is -0.450 e. The maximum atomic E-state index is 11.9. The van der Waals surface area contributed by atoms with Crippen LogP contribution in [0.5, 0.6) is 0 Å². The van der Waals surface area contributed by atoms with E-state index in [-0.39, 0.29) is 24.1 Å². The number of nitrogens with one attached hydrogen (secondary N) is 1. The summed E-state index contributed by atoms with van der Waals surface area (Å²) >= 11 is 0. The van der Waals surface area contributed by atoms with E-state index in [1.807, 2.05) is 0 Å². The Labute approximate surface area is 137 Å². The van der Waals surface area contributed by atoms with E-state index in [0.29, 0.717) is 0 Å². The molecule has 0 aliphatic heterocycles. The standard InChI is InChI=1S/C14H18N6O4/c1-8-5-9(2)20-14(16-8)17-12(18-20)13(23)24-7-10(21)15-6-11(22)19(3)4/h5H,6-7H2,1-4H3,(H,15,21). The predicted octanol–water partition coefficient (Wildman–Crippen LogP) is -0.898. The number of amides is 2. The molecule has 0 aromatic carbocycles. The number of nitrogens with zero attached hydrogens (tertiary/aromatic N) is 5. The zero-order chi connectivity index (χ0) is 17.9. The van der Waals surface area contributed by atoms with Gasteiger partial charge in [0, 0.05) is 25.5 Å². The average molecular weight is 334 g/mol. The van der Waals surface area contributed by atoms with Crippen LogP contribution in [0.25, 0.3) is 5.78 Å². The Morgan fingerprint density at radius 2 is 1.96 bits per heavy atom. The van der Waals surface area contributed by atoms with Gasteiger partial charge in [-0.2, -0.15) is 4.98 Å². The van der Waals surface area contributed by atoms with Crippen molar-refractivity contribution in [3.63, 3.8) is 0 Å². The monoisotopic (exact) mass is 334 g/mol. The summed E-state index contributed by atoms with van der Waals surface area (Å²) in [5, 5.41) is 6.35. The second-order valence-electron chi connectivity index (χ2n) is 5.33. The fourth-order valence-electron chi connectivity index (χ4n) is 1.83. The van der Waals surface area contributed by atoms with Crippen molar-refractivity contribution in [3.8, 4) is 0 Å². The molecule has 0 spiro atoms. The van der Waals surface area contributed by atoms with Crippen LogP contribution in [0.1, 0.15) is 22.0 Å². The second kappa shape index (κ2) is 7.02. The second-order valence-corrected chi connectivity index (χ2v) is 5.33. The van der Waals surface area contributed by atoms with Crippen LogP contribution < -0.4 is 5.32 Å². The molecular formula is C14H18N6O4. The fourth-order valence-corrected chi connectivity index (χ4v) is 1.83. The van der Waals surface area contributed by atoms with Crippen LogP contribution in [-0.2, 0) is 14.3 Å². The smallest absolute Gasteiger partial charge is 0.378 e. The van der Waals surface area contributed by atoms with Gasteiger partial charge in [-0.25, -0.2) is 14.3 Å². The number of ether oxygens (including phenoxy) is 1. The number of likely N-dealkylation sites (N-methyl/N-ethyl adjacent to an activating group) is 1. The van der Waals surface area contributed by atoms with Crippen LogP contribution in [0.4, 0.5) is 0 Å². The topological polar surface area (TPSA) is 119 Å². The third kappa shape index (κ3) is 4.03. The molecule has 1 N–H and O–H groups in total. The number of hydrogen-bond acceptors (Lipinski definition) is 7. The van der Waals surface area contributed by atoms with Gasteiger partial charge in [0.15, 0.2) is 6.61 Å². The van der Waals surface area contributed by atoms with Crippen molar-refractivity contribution in [2.75, 3.05) is 27.2 Å². The molecule has 10 nitrogen and oxygen atoms in total. The largest absolute Gasteiger partial charge is 0.450 e. The third-order valence-electron chi connectivity index (χ3n) is 3.07. The van der Waals surface area contributed by atoms with E-state index in [1.54, 1.807) is 34.0 Å². The van der Waals surface area contributed by atoms with E-state index < -0.39 is 18.5 Å². The first kappa shape index (κ1) is 17.3. The van der Waals surface area contributed by atoms with Gasteiger partial charge >= 0.3 is 5.97 Å². The number of esters is 1. The molecule has 0 saturated heterocycles. The van der Waals surface area contributed by atoms with E-state index in [0.717, 1.165) is 11.4 Å². The maximum absolute atomic E-state index is 11.9. The average Bonchev–Trinajstić information content (AvgIpc) is 2.94. The molecule has 24 heavy (non-hydrogen) atoms. The molecule has 2 amide bonds. The number of hydrogen-bond donors (Lipinski definition) is 1. The molecular weight excluding hydrogens is 316 g/mol. The minimum absolute atomic E-state index is 0.168. The fraction of sp³-hybridized carbons (Fsp3) is 0.429. The molecule has 0 bridgehead atoms. The summed E-state index contributed by atoms with van der Waals surface area (Å²) < 4.78 is 6.26. The summed E-state index contributed by atoms with van der Waals surface area (Å²) in [6.07, 6.45) is 0. The first-order valence-corrected chi connectivity index (χ1v) is 7.13. The van der Waals surface area contributed by atoms with Crippen molar-refractivity contribution in [3.05, 3.63) is 23.3 Å². The highest BCUT2D eigenvalue weighted by Gasteiger charge is 2.18. The van der Waals surface area contributed by atoms with Gasteiger partial charge in [0.1, 0.15) is 0 Å². The van der Waals surface area contributed by atoms with Crippen LogP contribution in [0.2, 0.25) is 0 Å². The van der Waals surface area contributed by atoms with Crippen LogP contribution in [0.15, 0.2) is 6.07 Å². The van der Waals surface area contributed by atoms with Crippen LogP contribution >= 0.6 is 0 Å². The Balaban J connectivity index is 1.94. The summed E-state index contributed by atoms with van der Waals surface area (Å²) in [5.41, 5.74) is 1.52. The summed E-state index contributed by atoms with van der Waals surface area (Å²) in [5.74, 6) is -1.61. The van der Waals surface area contributed by atoms with Crippen LogP contribution in [0, 0.1) is 13.8 Å². The van der Waals surface area contributed by atoms with E-state index in [9.17, 15) is 14.4 Å². The number of fused-ring (bicyclic) bond motifs is 1. The lowest BCUT2D eigenvalue weighted by Crippen LogP contribution is -2.38. The molecule has 0 aliphatic rings. The number of carbonyl (C=O) groups excluding carboxylic acids is 3. The summed E-state index contributed by atoms with van der Waals surface area (Å²) in [7, 11) is 3.14. The zero-order valence-electron chi connectivity index (χ0n) is 13.9. The lowest BCUT2D eigenvalue weighted by Gasteiger charge is -2.10. The SMILES string of the molecule is Cc1cc(C)n2nc(C(=O)OCC(=O)NCC(=O)N(C)C)nc2n1. The summed E-state index contributed by atoms with van der Waals surface area (Å²) in [6, 6.07) is 1.80. The Kier molecular flexibility index (Phi) is 5.07. The highest BCUT2D eigenvalue weighted by molar-refractivity contribution is 5.89. The zero-order valence-corrected chi connectivity index (χ0v) is 13.9. The third-order valence-corrected chi connectivity index (χ3v) is 3.07. The lowest BCUT2D eigenvalue weighted by molar-refractivity contribution is -0.131. The quantitative estimate of drug-likeness (QED) is 0.704. The number of aromatic nitrogens is 4. The van der Waals surface area contributed by atoms with Crippen LogP contribution in [-0.4, -0.2) is 69.5 Å². The Hall–Kier alpha value is -3.04. The van der Waals surface area contributed by atoms with Crippen molar-refractivity contribution in [2.45, 2.75) is 13.8 Å².